The second-order valence-electron chi connectivity index (χ2n) is 6.45. The smallest absolute Gasteiger partial charge is 0.337 e. The first-order chi connectivity index (χ1) is 14.1. The Morgan fingerprint density at radius 1 is 0.966 bits per heavy atom. The molecule has 0 saturated heterocycles. The van der Waals surface area contributed by atoms with Gasteiger partial charge in [-0.15, -0.1) is 0 Å². The van der Waals surface area contributed by atoms with Gasteiger partial charge in [-0.1, -0.05) is 36.4 Å². The van der Waals surface area contributed by atoms with Crippen LogP contribution in [-0.4, -0.2) is 19.0 Å². The highest BCUT2D eigenvalue weighted by molar-refractivity contribution is 14.1. The van der Waals surface area contributed by atoms with Gasteiger partial charge in [0, 0.05) is 14.8 Å². The maximum Gasteiger partial charge on any atom is 0.337 e. The van der Waals surface area contributed by atoms with Crippen LogP contribution in [0.4, 0.5) is 11.4 Å². The van der Waals surface area contributed by atoms with Crippen molar-refractivity contribution in [3.8, 4) is 0 Å². The van der Waals surface area contributed by atoms with Gasteiger partial charge in [0.1, 0.15) is 0 Å². The number of esters is 1. The first-order valence-corrected chi connectivity index (χ1v) is 10.0. The van der Waals surface area contributed by atoms with Crippen LogP contribution in [0.1, 0.15) is 21.5 Å². The van der Waals surface area contributed by atoms with E-state index in [0.717, 1.165) is 20.4 Å². The summed E-state index contributed by atoms with van der Waals surface area (Å²) >= 11 is 2.25. The highest BCUT2D eigenvalue weighted by Crippen LogP contribution is 2.38. The number of benzene rings is 3. The van der Waals surface area contributed by atoms with Crippen molar-refractivity contribution >= 4 is 57.1 Å². The zero-order valence-corrected chi connectivity index (χ0v) is 17.7. The Balaban J connectivity index is 1.86. The molecule has 4 rings (SSSR count). The molecule has 0 aromatic heterocycles. The number of nitrogens with one attached hydrogen (secondary N) is 2. The molecule has 144 valence electrons. The molecule has 0 aliphatic carbocycles. The largest absolute Gasteiger partial charge is 0.465 e. The summed E-state index contributed by atoms with van der Waals surface area (Å²) in [7, 11) is 1.33. The zero-order valence-electron chi connectivity index (χ0n) is 15.5. The fourth-order valence-electron chi connectivity index (χ4n) is 3.23. The average Bonchev–Trinajstić information content (AvgIpc) is 3.08. The minimum Gasteiger partial charge on any atom is -0.465 e. The molecule has 0 unspecified atom stereocenters. The van der Waals surface area contributed by atoms with Gasteiger partial charge in [-0.2, -0.15) is 0 Å². The summed E-state index contributed by atoms with van der Waals surface area (Å²) in [6.07, 6.45) is 0. The number of ether oxygens (including phenoxy) is 1. The molecule has 1 amide bonds. The van der Waals surface area contributed by atoms with E-state index in [1.165, 1.54) is 7.11 Å². The van der Waals surface area contributed by atoms with E-state index in [9.17, 15) is 9.59 Å². The van der Waals surface area contributed by atoms with E-state index in [0.29, 0.717) is 22.5 Å². The number of amides is 1. The van der Waals surface area contributed by atoms with E-state index >= 15 is 0 Å². The molecule has 5 nitrogen and oxygen atoms in total. The number of fused-ring (bicyclic) bond motifs is 1. The molecular weight excluding hydrogens is 479 g/mol. The van der Waals surface area contributed by atoms with Crippen LogP contribution in [0, 0.1) is 3.57 Å². The quantitative estimate of drug-likeness (QED) is 0.303. The lowest BCUT2D eigenvalue weighted by molar-refractivity contribution is -0.110. The molecule has 1 heterocycles. The van der Waals surface area contributed by atoms with E-state index < -0.39 is 5.97 Å². The molecule has 1 aliphatic rings. The zero-order chi connectivity index (χ0) is 20.4. The molecule has 0 radical (unpaired) electrons. The Hall–Kier alpha value is -3.13. The van der Waals surface area contributed by atoms with Crippen LogP contribution < -0.4 is 10.6 Å². The Morgan fingerprint density at radius 3 is 2.38 bits per heavy atom. The summed E-state index contributed by atoms with van der Waals surface area (Å²) in [5.41, 5.74) is 4.71. The minimum absolute atomic E-state index is 0.223. The predicted octanol–water partition coefficient (Wildman–Crippen LogP) is 5.01. The van der Waals surface area contributed by atoms with Gasteiger partial charge in [0.15, 0.2) is 0 Å². The molecule has 0 fully saturated rings. The van der Waals surface area contributed by atoms with Gasteiger partial charge >= 0.3 is 5.97 Å². The number of methoxy groups -OCH3 is 1. The second kappa shape index (κ2) is 8.08. The van der Waals surface area contributed by atoms with Gasteiger partial charge < -0.3 is 15.4 Å². The van der Waals surface area contributed by atoms with Crippen LogP contribution in [0.25, 0.3) is 11.3 Å². The third-order valence-corrected chi connectivity index (χ3v) is 5.33. The van der Waals surface area contributed by atoms with E-state index in [1.807, 2.05) is 54.6 Å². The monoisotopic (exact) mass is 496 g/mol. The van der Waals surface area contributed by atoms with Crippen LogP contribution >= 0.6 is 22.6 Å². The first kappa shape index (κ1) is 19.2. The summed E-state index contributed by atoms with van der Waals surface area (Å²) in [5.74, 6) is -0.668. The number of anilines is 2. The Morgan fingerprint density at radius 2 is 1.69 bits per heavy atom. The van der Waals surface area contributed by atoms with Crippen molar-refractivity contribution in [3.63, 3.8) is 0 Å². The number of rotatable bonds is 4. The van der Waals surface area contributed by atoms with Crippen LogP contribution in [0.15, 0.2) is 72.8 Å². The highest BCUT2D eigenvalue weighted by Gasteiger charge is 2.29. The Kier molecular flexibility index (Phi) is 5.35. The van der Waals surface area contributed by atoms with Crippen molar-refractivity contribution in [3.05, 3.63) is 93.1 Å². The number of carbonyl (C=O) groups is 2. The van der Waals surface area contributed by atoms with Crippen molar-refractivity contribution in [2.24, 2.45) is 0 Å². The fraction of sp³-hybridized carbons (Fsp3) is 0.0435. The standard InChI is InChI=1S/C23H17IN2O3/c1-29-23(28)15-7-12-18-19(13-15)26-22(27)20(18)21(14-5-3-2-4-6-14)25-17-10-8-16(24)9-11-17/h2-13,25H,1H3,(H,26,27)/b21-20+. The summed E-state index contributed by atoms with van der Waals surface area (Å²) in [6.45, 7) is 0. The van der Waals surface area contributed by atoms with E-state index in [2.05, 4.69) is 33.2 Å². The van der Waals surface area contributed by atoms with Crippen molar-refractivity contribution in [2.75, 3.05) is 17.7 Å². The third-order valence-electron chi connectivity index (χ3n) is 4.61. The highest BCUT2D eigenvalue weighted by atomic mass is 127. The lowest BCUT2D eigenvalue weighted by Gasteiger charge is -2.15. The van der Waals surface area contributed by atoms with Crippen molar-refractivity contribution in [1.29, 1.82) is 0 Å². The summed E-state index contributed by atoms with van der Waals surface area (Å²) < 4.78 is 5.90. The van der Waals surface area contributed by atoms with Crippen LogP contribution in [-0.2, 0) is 9.53 Å². The Labute approximate surface area is 181 Å². The molecule has 3 aromatic carbocycles. The average molecular weight is 496 g/mol. The molecule has 0 spiro atoms. The molecule has 3 aromatic rings. The maximum absolute atomic E-state index is 12.9. The predicted molar refractivity (Wildman–Crippen MR) is 122 cm³/mol. The summed E-state index contributed by atoms with van der Waals surface area (Å²) in [4.78, 5) is 24.8. The van der Waals surface area contributed by atoms with Gasteiger partial charge in [-0.05, 0) is 64.6 Å². The molecular formula is C23H17IN2O3. The van der Waals surface area contributed by atoms with Crippen LogP contribution in [0.3, 0.4) is 0 Å². The van der Waals surface area contributed by atoms with Crippen LogP contribution in [0.2, 0.25) is 0 Å². The summed E-state index contributed by atoms with van der Waals surface area (Å²) in [5, 5.41) is 6.27. The number of halogens is 1. The van der Waals surface area contributed by atoms with Crippen LogP contribution in [0.5, 0.6) is 0 Å². The van der Waals surface area contributed by atoms with Gasteiger partial charge in [-0.25, -0.2) is 4.79 Å². The SMILES string of the molecule is COC(=O)c1ccc2c(c1)NC(=O)/C2=C(/Nc1ccc(I)cc1)c1ccccc1. The normalized spacial score (nSPS) is 14.1. The van der Waals surface area contributed by atoms with Crippen molar-refractivity contribution < 1.29 is 14.3 Å². The first-order valence-electron chi connectivity index (χ1n) is 8.93. The lowest BCUT2D eigenvalue weighted by atomic mass is 9.99. The van der Waals surface area contributed by atoms with Gasteiger partial charge in [0.25, 0.3) is 5.91 Å². The molecule has 0 bridgehead atoms. The molecule has 2 N–H and O–H groups in total. The van der Waals surface area contributed by atoms with Gasteiger partial charge in [-0.3, -0.25) is 4.79 Å². The minimum atomic E-state index is -0.445. The molecule has 6 heteroatoms. The van der Waals surface area contributed by atoms with Gasteiger partial charge in [0.2, 0.25) is 0 Å². The van der Waals surface area contributed by atoms with Crippen molar-refractivity contribution in [1.82, 2.24) is 0 Å². The number of carbonyl (C=O) groups excluding carboxylic acids is 2. The molecule has 0 saturated carbocycles. The number of hydrogen-bond donors (Lipinski definition) is 2. The summed E-state index contributed by atoms with van der Waals surface area (Å²) in [6, 6.07) is 22.7. The van der Waals surface area contributed by atoms with E-state index in [4.69, 9.17) is 4.74 Å². The van der Waals surface area contributed by atoms with Gasteiger partial charge in [0.05, 0.1) is 29.6 Å². The number of hydrogen-bond acceptors (Lipinski definition) is 4. The van der Waals surface area contributed by atoms with Crippen molar-refractivity contribution in [2.45, 2.75) is 0 Å². The third kappa shape index (κ3) is 3.88. The fourth-order valence-corrected chi connectivity index (χ4v) is 3.59. The van der Waals surface area contributed by atoms with E-state index in [1.54, 1.807) is 18.2 Å². The van der Waals surface area contributed by atoms with E-state index in [-0.39, 0.29) is 5.91 Å². The lowest BCUT2D eigenvalue weighted by Crippen LogP contribution is -2.10. The second-order valence-corrected chi connectivity index (χ2v) is 7.70. The Bertz CT molecular complexity index is 1120. The topological polar surface area (TPSA) is 67.4 Å². The molecule has 1 aliphatic heterocycles. The maximum atomic E-state index is 12.9. The molecule has 29 heavy (non-hydrogen) atoms. The molecule has 0 atom stereocenters.